The minimum absolute atomic E-state index is 0.0389. The van der Waals surface area contributed by atoms with Crippen LogP contribution in [0, 0.1) is 5.92 Å². The number of nitrogens with one attached hydrogen (secondary N) is 1. The Kier molecular flexibility index (Phi) is 4.65. The number of hydrogen-bond acceptors (Lipinski definition) is 3. The van der Waals surface area contributed by atoms with E-state index in [0.29, 0.717) is 24.2 Å². The summed E-state index contributed by atoms with van der Waals surface area (Å²) in [7, 11) is 0. The minimum Gasteiger partial charge on any atom is -0.333 e. The minimum atomic E-state index is -2.82. The Morgan fingerprint density at radius 3 is 2.71 bits per heavy atom. The van der Waals surface area contributed by atoms with E-state index in [1.807, 2.05) is 0 Å². The van der Waals surface area contributed by atoms with Gasteiger partial charge in [0, 0.05) is 31.7 Å². The summed E-state index contributed by atoms with van der Waals surface area (Å²) in [6.45, 7) is 0.0389. The molecule has 0 radical (unpaired) electrons. The van der Waals surface area contributed by atoms with E-state index in [-0.39, 0.29) is 38.3 Å². The molecule has 0 bridgehead atoms. The lowest BCUT2D eigenvalue weighted by Crippen LogP contribution is -2.51. The summed E-state index contributed by atoms with van der Waals surface area (Å²) in [4.78, 5) is 14.0. The summed E-state index contributed by atoms with van der Waals surface area (Å²) < 4.78 is 58.5. The fourth-order valence-corrected chi connectivity index (χ4v) is 5.28. The second kappa shape index (κ2) is 7.04. The van der Waals surface area contributed by atoms with E-state index in [9.17, 15) is 22.4 Å². The SMILES string of the molecule is N[C@H](c1cn2ncccc2[n+]1CN1C(=O)N[C@H]2CC(F)(F)C[C@@H]21)C1CCC(F)(F)CC1. The molecule has 2 aromatic rings. The monoisotopic (exact) mass is 441 g/mol. The van der Waals surface area contributed by atoms with Crippen LogP contribution in [0.2, 0.25) is 0 Å². The van der Waals surface area contributed by atoms with Gasteiger partial charge in [0.05, 0.1) is 24.3 Å². The van der Waals surface area contributed by atoms with E-state index in [4.69, 9.17) is 5.73 Å². The van der Waals surface area contributed by atoms with E-state index < -0.39 is 36.0 Å². The zero-order valence-corrected chi connectivity index (χ0v) is 16.9. The van der Waals surface area contributed by atoms with Gasteiger partial charge in [-0.2, -0.15) is 0 Å². The third kappa shape index (κ3) is 3.62. The first-order valence-electron chi connectivity index (χ1n) is 10.6. The molecule has 1 aliphatic heterocycles. The zero-order valence-electron chi connectivity index (χ0n) is 16.9. The van der Waals surface area contributed by atoms with Crippen molar-refractivity contribution < 1.29 is 26.9 Å². The molecule has 3 atom stereocenters. The molecule has 0 unspecified atom stereocenters. The van der Waals surface area contributed by atoms with Crippen molar-refractivity contribution in [3.8, 4) is 0 Å². The topological polar surface area (TPSA) is 79.5 Å². The maximum atomic E-state index is 13.9. The highest BCUT2D eigenvalue weighted by Crippen LogP contribution is 2.41. The largest absolute Gasteiger partial charge is 0.333 e. The van der Waals surface area contributed by atoms with Crippen molar-refractivity contribution in [2.24, 2.45) is 11.7 Å². The van der Waals surface area contributed by atoms with Crippen LogP contribution in [0.4, 0.5) is 22.4 Å². The Hall–Kier alpha value is -2.43. The predicted molar refractivity (Wildman–Crippen MR) is 101 cm³/mol. The average Bonchev–Trinajstić information content (AvgIpc) is 3.30. The fourth-order valence-electron chi connectivity index (χ4n) is 5.28. The molecule has 31 heavy (non-hydrogen) atoms. The summed E-state index contributed by atoms with van der Waals surface area (Å²) in [5.41, 5.74) is 7.83. The predicted octanol–water partition coefficient (Wildman–Crippen LogP) is 2.60. The van der Waals surface area contributed by atoms with E-state index in [1.54, 1.807) is 33.6 Å². The normalized spacial score (nSPS) is 28.7. The molecule has 3 fully saturated rings. The number of imidazole rings is 1. The lowest BCUT2D eigenvalue weighted by Gasteiger charge is -2.31. The number of carbonyl (C=O) groups excluding carboxylic acids is 1. The second-order valence-corrected chi connectivity index (χ2v) is 9.03. The van der Waals surface area contributed by atoms with Gasteiger partial charge in [0.15, 0.2) is 18.6 Å². The Balaban J connectivity index is 1.46. The summed E-state index contributed by atoms with van der Waals surface area (Å²) in [5.74, 6) is -5.61. The van der Waals surface area contributed by atoms with E-state index in [0.717, 1.165) is 0 Å². The number of rotatable bonds is 4. The molecule has 1 saturated heterocycles. The van der Waals surface area contributed by atoms with Crippen LogP contribution >= 0.6 is 0 Å². The summed E-state index contributed by atoms with van der Waals surface area (Å²) in [6.07, 6.45) is 2.77. The number of hydrogen-bond donors (Lipinski definition) is 2. The number of alkyl halides is 4. The number of urea groups is 1. The van der Waals surface area contributed by atoms with E-state index in [2.05, 4.69) is 10.4 Å². The second-order valence-electron chi connectivity index (χ2n) is 9.03. The maximum Gasteiger partial charge on any atom is 0.321 e. The van der Waals surface area contributed by atoms with Gasteiger partial charge >= 0.3 is 11.7 Å². The lowest BCUT2D eigenvalue weighted by atomic mass is 9.81. The van der Waals surface area contributed by atoms with Crippen molar-refractivity contribution in [3.05, 3.63) is 30.2 Å². The van der Waals surface area contributed by atoms with Crippen molar-refractivity contribution in [2.75, 3.05) is 0 Å². The number of fused-ring (bicyclic) bond motifs is 2. The number of halogens is 4. The third-order valence-electron chi connectivity index (χ3n) is 6.97. The number of carbonyl (C=O) groups is 1. The molecule has 7 nitrogen and oxygen atoms in total. The van der Waals surface area contributed by atoms with E-state index >= 15 is 0 Å². The van der Waals surface area contributed by atoms with Gasteiger partial charge in [0.1, 0.15) is 0 Å². The quantitative estimate of drug-likeness (QED) is 0.566. The molecule has 5 rings (SSSR count). The van der Waals surface area contributed by atoms with E-state index in [1.165, 1.54) is 4.90 Å². The highest BCUT2D eigenvalue weighted by atomic mass is 19.3. The van der Waals surface area contributed by atoms with Crippen LogP contribution in [-0.4, -0.2) is 44.5 Å². The van der Waals surface area contributed by atoms with Crippen LogP contribution in [0.25, 0.3) is 5.65 Å². The zero-order chi connectivity index (χ0) is 22.0. The highest BCUT2D eigenvalue weighted by molar-refractivity contribution is 5.77. The number of aromatic nitrogens is 3. The van der Waals surface area contributed by atoms with Crippen LogP contribution in [0.5, 0.6) is 0 Å². The van der Waals surface area contributed by atoms with Crippen LogP contribution in [0.3, 0.4) is 0 Å². The number of nitrogens with zero attached hydrogens (tertiary/aromatic N) is 4. The Morgan fingerprint density at radius 2 is 1.97 bits per heavy atom. The number of amides is 2. The van der Waals surface area contributed by atoms with Gasteiger partial charge < -0.3 is 11.1 Å². The first kappa shape index (κ1) is 20.5. The summed E-state index contributed by atoms with van der Waals surface area (Å²) in [5, 5.41) is 6.94. The standard InChI is InChI=1S/C20H24F4N6O/c21-19(22)5-3-12(4-6-19)17(25)15-10-30-16(2-1-7-26-30)28(15)11-29-14-9-20(23,24)8-13(14)27-18(29)31/h1-2,7,10,12-14,17H,3-6,8-9,11,25H2/p+1/t13-,14-,17-/m0/s1. The Labute approximate surface area is 176 Å². The molecule has 0 spiro atoms. The highest BCUT2D eigenvalue weighted by Gasteiger charge is 2.55. The van der Waals surface area contributed by atoms with Gasteiger partial charge in [0.25, 0.3) is 5.92 Å². The van der Waals surface area contributed by atoms with Crippen molar-refractivity contribution in [3.63, 3.8) is 0 Å². The molecule has 2 aromatic heterocycles. The molecule has 3 heterocycles. The molecular weight excluding hydrogens is 416 g/mol. The molecular formula is C20H25F4N6O+. The van der Waals surface area contributed by atoms with Gasteiger partial charge in [-0.15, -0.1) is 4.52 Å². The Morgan fingerprint density at radius 1 is 1.23 bits per heavy atom. The molecule has 0 aromatic carbocycles. The van der Waals surface area contributed by atoms with Crippen molar-refractivity contribution >= 4 is 11.7 Å². The van der Waals surface area contributed by atoms with Crippen LogP contribution in [0.1, 0.15) is 50.3 Å². The molecule has 168 valence electrons. The Bertz CT molecular complexity index is 1000. The lowest BCUT2D eigenvalue weighted by molar-refractivity contribution is -0.696. The van der Waals surface area contributed by atoms with Gasteiger partial charge in [-0.1, -0.05) is 5.10 Å². The van der Waals surface area contributed by atoms with Crippen LogP contribution in [0.15, 0.2) is 24.5 Å². The molecule has 2 saturated carbocycles. The average molecular weight is 441 g/mol. The van der Waals surface area contributed by atoms with Crippen molar-refractivity contribution in [1.29, 1.82) is 0 Å². The van der Waals surface area contributed by atoms with Crippen LogP contribution < -0.4 is 15.6 Å². The third-order valence-corrected chi connectivity index (χ3v) is 6.97. The van der Waals surface area contributed by atoms with Gasteiger partial charge in [-0.05, 0) is 24.8 Å². The molecule has 3 aliphatic rings. The molecule has 3 N–H and O–H groups in total. The summed E-state index contributed by atoms with van der Waals surface area (Å²) >= 11 is 0. The smallest absolute Gasteiger partial charge is 0.321 e. The molecule has 2 aliphatic carbocycles. The number of nitrogens with two attached hydrogens (primary N) is 1. The summed E-state index contributed by atoms with van der Waals surface area (Å²) in [6, 6.07) is 1.40. The first-order valence-corrected chi connectivity index (χ1v) is 10.6. The molecule has 2 amide bonds. The molecule has 11 heteroatoms. The van der Waals surface area contributed by atoms with Crippen LogP contribution in [-0.2, 0) is 6.67 Å². The fraction of sp³-hybridized carbons (Fsp3) is 0.650. The first-order chi connectivity index (χ1) is 14.6. The van der Waals surface area contributed by atoms with Crippen molar-refractivity contribution in [2.45, 2.75) is 75.2 Å². The maximum absolute atomic E-state index is 13.9. The van der Waals surface area contributed by atoms with Crippen molar-refractivity contribution in [1.82, 2.24) is 19.8 Å². The van der Waals surface area contributed by atoms with Gasteiger partial charge in [-0.25, -0.2) is 26.9 Å². The van der Waals surface area contributed by atoms with Gasteiger partial charge in [0.2, 0.25) is 5.92 Å². The van der Waals surface area contributed by atoms with Gasteiger partial charge in [-0.3, -0.25) is 4.90 Å².